The molecule has 0 atom stereocenters. The van der Waals surface area contributed by atoms with E-state index >= 15 is 0 Å². The molecule has 0 bridgehead atoms. The molecule has 7 nitrogen and oxygen atoms in total. The van der Waals surface area contributed by atoms with Gasteiger partial charge in [-0.25, -0.2) is 13.2 Å². The molecule has 0 aliphatic rings. The number of carbonyl (C=O) groups is 1. The highest BCUT2D eigenvalue weighted by Crippen LogP contribution is 2.27. The average Bonchev–Trinajstić information content (AvgIpc) is 2.46. The summed E-state index contributed by atoms with van der Waals surface area (Å²) < 4.78 is 31.0. The van der Waals surface area contributed by atoms with Crippen LogP contribution in [0.15, 0.2) is 35.7 Å². The first-order valence-corrected chi connectivity index (χ1v) is 7.45. The average molecular weight is 315 g/mol. The summed E-state index contributed by atoms with van der Waals surface area (Å²) in [5.41, 5.74) is -0.0803. The summed E-state index contributed by atoms with van der Waals surface area (Å²) in [5.74, 6) is -1.25. The Balaban J connectivity index is 3.35. The van der Waals surface area contributed by atoms with Crippen molar-refractivity contribution in [2.24, 2.45) is 0 Å². The van der Waals surface area contributed by atoms with Gasteiger partial charge in [0.1, 0.15) is 10.6 Å². The van der Waals surface area contributed by atoms with E-state index < -0.39 is 16.0 Å². The smallest absolute Gasteiger partial charge is 0.335 e. The molecule has 0 spiro atoms. The van der Waals surface area contributed by atoms with E-state index in [1.54, 1.807) is 0 Å². The zero-order valence-electron chi connectivity index (χ0n) is 11.5. The van der Waals surface area contributed by atoms with Crippen LogP contribution in [0.1, 0.15) is 10.4 Å². The number of carboxylic acids is 1. The van der Waals surface area contributed by atoms with Crippen LogP contribution < -0.4 is 4.74 Å². The molecule has 0 saturated carbocycles. The van der Waals surface area contributed by atoms with Crippen LogP contribution in [0, 0.1) is 0 Å². The quantitative estimate of drug-likeness (QED) is 0.679. The van der Waals surface area contributed by atoms with Crippen LogP contribution >= 0.6 is 0 Å². The lowest BCUT2D eigenvalue weighted by molar-refractivity contribution is 0.0696. The maximum Gasteiger partial charge on any atom is 0.335 e. The molecule has 0 unspecified atom stereocenters. The number of carboxylic acid groups (broad SMARTS) is 1. The maximum absolute atomic E-state index is 12.5. The van der Waals surface area contributed by atoms with E-state index in [1.807, 2.05) is 0 Å². The third-order valence-electron chi connectivity index (χ3n) is 2.71. The number of hydrogen-bond acceptors (Lipinski definition) is 5. The van der Waals surface area contributed by atoms with Gasteiger partial charge in [-0.2, -0.15) is 4.31 Å². The number of sulfonamides is 1. The predicted octanol–water partition coefficient (Wildman–Crippen LogP) is 0.562. The molecule has 0 aromatic heterocycles. The van der Waals surface area contributed by atoms with E-state index in [4.69, 9.17) is 14.9 Å². The monoisotopic (exact) mass is 315 g/mol. The number of hydrogen-bond donors (Lipinski definition) is 2. The number of rotatable bonds is 8. The van der Waals surface area contributed by atoms with Crippen LogP contribution in [0.2, 0.25) is 0 Å². The minimum Gasteiger partial charge on any atom is -0.495 e. The molecule has 1 aromatic rings. The first kappa shape index (κ1) is 17.2. The molecule has 0 saturated heterocycles. The lowest BCUT2D eigenvalue weighted by Gasteiger charge is -2.21. The SMILES string of the molecule is C=CCN(CCO)S(=O)(=O)c1ccc(C(=O)O)cc1OC. The Labute approximate surface area is 123 Å². The molecular weight excluding hydrogens is 298 g/mol. The van der Waals surface area contributed by atoms with Crippen molar-refractivity contribution >= 4 is 16.0 Å². The van der Waals surface area contributed by atoms with Crippen LogP contribution in [0.4, 0.5) is 0 Å². The Hall–Kier alpha value is -1.90. The minimum absolute atomic E-state index is 0.0206. The van der Waals surface area contributed by atoms with Crippen molar-refractivity contribution in [3.05, 3.63) is 36.4 Å². The van der Waals surface area contributed by atoms with Crippen LogP contribution in [0.5, 0.6) is 5.75 Å². The Morgan fingerprint density at radius 3 is 2.62 bits per heavy atom. The number of nitrogens with zero attached hydrogens (tertiary/aromatic N) is 1. The van der Waals surface area contributed by atoms with E-state index in [9.17, 15) is 13.2 Å². The van der Waals surface area contributed by atoms with Gasteiger partial charge in [-0.1, -0.05) is 6.08 Å². The Kier molecular flexibility index (Phi) is 5.89. The van der Waals surface area contributed by atoms with Gasteiger partial charge in [-0.05, 0) is 18.2 Å². The van der Waals surface area contributed by atoms with Gasteiger partial charge >= 0.3 is 5.97 Å². The van der Waals surface area contributed by atoms with Gasteiger partial charge in [0.15, 0.2) is 0 Å². The topological polar surface area (TPSA) is 104 Å². The van der Waals surface area contributed by atoms with Crippen LogP contribution in [0.3, 0.4) is 0 Å². The number of aromatic carboxylic acids is 1. The Bertz CT molecular complexity index is 626. The molecular formula is C13H17NO6S. The third kappa shape index (κ3) is 3.81. The summed E-state index contributed by atoms with van der Waals surface area (Å²) in [7, 11) is -2.67. The highest BCUT2D eigenvalue weighted by atomic mass is 32.2. The Morgan fingerprint density at radius 1 is 1.48 bits per heavy atom. The highest BCUT2D eigenvalue weighted by molar-refractivity contribution is 7.89. The van der Waals surface area contributed by atoms with Crippen molar-refractivity contribution in [2.45, 2.75) is 4.90 Å². The zero-order chi connectivity index (χ0) is 16.0. The number of ether oxygens (including phenoxy) is 1. The molecule has 21 heavy (non-hydrogen) atoms. The van der Waals surface area contributed by atoms with Crippen molar-refractivity contribution in [3.8, 4) is 5.75 Å². The first-order chi connectivity index (χ1) is 9.88. The summed E-state index contributed by atoms with van der Waals surface area (Å²) >= 11 is 0. The summed E-state index contributed by atoms with van der Waals surface area (Å²) in [6.45, 7) is 3.05. The molecule has 0 radical (unpaired) electrons. The van der Waals surface area contributed by atoms with Gasteiger partial charge in [-0.15, -0.1) is 6.58 Å². The third-order valence-corrected chi connectivity index (χ3v) is 4.62. The van der Waals surface area contributed by atoms with E-state index in [2.05, 4.69) is 6.58 Å². The second-order valence-electron chi connectivity index (χ2n) is 4.05. The van der Waals surface area contributed by atoms with Gasteiger partial charge < -0.3 is 14.9 Å². The molecule has 8 heteroatoms. The number of aliphatic hydroxyl groups excluding tert-OH is 1. The molecule has 0 aliphatic carbocycles. The van der Waals surface area contributed by atoms with Gasteiger partial charge in [0.25, 0.3) is 0 Å². The fourth-order valence-electron chi connectivity index (χ4n) is 1.72. The summed E-state index contributed by atoms with van der Waals surface area (Å²) in [6.07, 6.45) is 1.39. The van der Waals surface area contributed by atoms with E-state index in [0.29, 0.717) is 0 Å². The number of aliphatic hydroxyl groups is 1. The predicted molar refractivity (Wildman–Crippen MR) is 76.0 cm³/mol. The first-order valence-electron chi connectivity index (χ1n) is 6.01. The van der Waals surface area contributed by atoms with Crippen molar-refractivity contribution in [1.82, 2.24) is 4.31 Å². The van der Waals surface area contributed by atoms with Crippen LogP contribution in [-0.2, 0) is 10.0 Å². The van der Waals surface area contributed by atoms with E-state index in [0.717, 1.165) is 10.4 Å². The normalized spacial score (nSPS) is 11.4. The molecule has 0 heterocycles. The lowest BCUT2D eigenvalue weighted by atomic mass is 10.2. The highest BCUT2D eigenvalue weighted by Gasteiger charge is 2.27. The largest absolute Gasteiger partial charge is 0.495 e. The van der Waals surface area contributed by atoms with Gasteiger partial charge in [0, 0.05) is 13.1 Å². The van der Waals surface area contributed by atoms with Crippen molar-refractivity contribution in [3.63, 3.8) is 0 Å². The second-order valence-corrected chi connectivity index (χ2v) is 5.95. The van der Waals surface area contributed by atoms with E-state index in [1.165, 1.54) is 25.3 Å². The molecule has 2 N–H and O–H groups in total. The lowest BCUT2D eigenvalue weighted by Crippen LogP contribution is -2.34. The van der Waals surface area contributed by atoms with Crippen molar-refractivity contribution in [1.29, 1.82) is 0 Å². The fraction of sp³-hybridized carbons (Fsp3) is 0.308. The van der Waals surface area contributed by atoms with E-state index in [-0.39, 0.29) is 35.9 Å². The van der Waals surface area contributed by atoms with Crippen LogP contribution in [0.25, 0.3) is 0 Å². The van der Waals surface area contributed by atoms with Gasteiger partial charge in [-0.3, -0.25) is 0 Å². The Morgan fingerprint density at radius 2 is 2.14 bits per heavy atom. The molecule has 116 valence electrons. The molecule has 0 amide bonds. The zero-order valence-corrected chi connectivity index (χ0v) is 12.3. The standard InChI is InChI=1S/C13H17NO6S/c1-3-6-14(7-8-15)21(18,19)12-5-4-10(13(16)17)9-11(12)20-2/h3-5,9,15H,1,6-8H2,2H3,(H,16,17). The minimum atomic E-state index is -3.93. The molecule has 1 rings (SSSR count). The fourth-order valence-corrected chi connectivity index (χ4v) is 3.26. The van der Waals surface area contributed by atoms with Crippen LogP contribution in [-0.4, -0.2) is 55.7 Å². The second kappa shape index (κ2) is 7.21. The molecule has 0 aliphatic heterocycles. The van der Waals surface area contributed by atoms with Gasteiger partial charge in [0.2, 0.25) is 10.0 Å². The maximum atomic E-state index is 12.5. The summed E-state index contributed by atoms with van der Waals surface area (Å²) in [5, 5.41) is 17.9. The summed E-state index contributed by atoms with van der Waals surface area (Å²) in [4.78, 5) is 10.7. The molecule has 0 fully saturated rings. The number of methoxy groups -OCH3 is 1. The van der Waals surface area contributed by atoms with Crippen molar-refractivity contribution < 1.29 is 28.2 Å². The summed E-state index contributed by atoms with van der Waals surface area (Å²) in [6, 6.07) is 3.49. The molecule has 1 aromatic carbocycles. The van der Waals surface area contributed by atoms with Crippen molar-refractivity contribution in [2.75, 3.05) is 26.8 Å². The number of benzene rings is 1. The van der Waals surface area contributed by atoms with Gasteiger partial charge in [0.05, 0.1) is 19.3 Å².